The number of rotatable bonds is 5. The van der Waals surface area contributed by atoms with Crippen LogP contribution < -0.4 is 0 Å². The summed E-state index contributed by atoms with van der Waals surface area (Å²) in [5, 5.41) is 8.32. The Bertz CT molecular complexity index is 708. The molecule has 0 fully saturated rings. The Morgan fingerprint density at radius 2 is 2.00 bits per heavy atom. The summed E-state index contributed by atoms with van der Waals surface area (Å²) in [6.45, 7) is 4.01. The number of nitrogens with zero attached hydrogens (tertiary/aromatic N) is 2. The van der Waals surface area contributed by atoms with Crippen LogP contribution in [0, 0.1) is 13.8 Å². The zero-order chi connectivity index (χ0) is 14.8. The van der Waals surface area contributed by atoms with Crippen LogP contribution in [0.25, 0.3) is 11.5 Å². The number of benzene rings is 1. The molecular weight excluding hydrogens is 296 g/mol. The molecule has 1 aromatic heterocycles. The fourth-order valence-electron chi connectivity index (χ4n) is 1.71. The highest BCUT2D eigenvalue weighted by Crippen LogP contribution is 2.26. The van der Waals surface area contributed by atoms with Crippen molar-refractivity contribution < 1.29 is 12.8 Å². The van der Waals surface area contributed by atoms with E-state index < -0.39 is 9.84 Å². The molecule has 0 N–H and O–H groups in total. The first-order valence-corrected chi connectivity index (χ1v) is 9.11. The Morgan fingerprint density at radius 1 is 1.25 bits per heavy atom. The van der Waals surface area contributed by atoms with Crippen molar-refractivity contribution in [3.8, 4) is 11.5 Å². The third-order valence-electron chi connectivity index (χ3n) is 2.70. The lowest BCUT2D eigenvalue weighted by atomic mass is 10.1. The van der Waals surface area contributed by atoms with Gasteiger partial charge in [0.2, 0.25) is 5.89 Å². The lowest BCUT2D eigenvalue weighted by Gasteiger charge is -2.01. The third kappa shape index (κ3) is 4.08. The predicted molar refractivity (Wildman–Crippen MR) is 79.6 cm³/mol. The summed E-state index contributed by atoms with van der Waals surface area (Å²) in [7, 11) is -2.96. The van der Waals surface area contributed by atoms with E-state index >= 15 is 0 Å². The first kappa shape index (κ1) is 15.1. The third-order valence-corrected chi connectivity index (χ3v) is 4.72. The number of thioether (sulfide) groups is 1. The molecule has 0 radical (unpaired) electrons. The summed E-state index contributed by atoms with van der Waals surface area (Å²) in [4.78, 5) is 0. The van der Waals surface area contributed by atoms with Gasteiger partial charge in [0.15, 0.2) is 0 Å². The summed E-state index contributed by atoms with van der Waals surface area (Å²) in [5.41, 5.74) is 3.15. The smallest absolute Gasteiger partial charge is 0.276 e. The Labute approximate surface area is 122 Å². The van der Waals surface area contributed by atoms with E-state index in [1.807, 2.05) is 26.0 Å². The summed E-state index contributed by atoms with van der Waals surface area (Å²) < 4.78 is 27.6. The number of sulfone groups is 1. The van der Waals surface area contributed by atoms with Crippen molar-refractivity contribution in [1.29, 1.82) is 0 Å². The van der Waals surface area contributed by atoms with Crippen molar-refractivity contribution in [2.75, 3.05) is 17.8 Å². The first-order chi connectivity index (χ1) is 9.35. The van der Waals surface area contributed by atoms with Gasteiger partial charge in [-0.1, -0.05) is 29.5 Å². The molecule has 1 heterocycles. The van der Waals surface area contributed by atoms with Crippen LogP contribution in [0.1, 0.15) is 11.1 Å². The van der Waals surface area contributed by atoms with Crippen molar-refractivity contribution in [3.05, 3.63) is 29.3 Å². The molecule has 20 heavy (non-hydrogen) atoms. The quantitative estimate of drug-likeness (QED) is 0.790. The van der Waals surface area contributed by atoms with Crippen LogP contribution in [-0.2, 0) is 9.84 Å². The summed E-state index contributed by atoms with van der Waals surface area (Å²) in [6.07, 6.45) is 1.21. The maximum atomic E-state index is 11.0. The van der Waals surface area contributed by atoms with Crippen molar-refractivity contribution in [3.63, 3.8) is 0 Å². The molecular formula is C13H16N2O3S2. The molecule has 0 saturated carbocycles. The van der Waals surface area contributed by atoms with Gasteiger partial charge in [-0.2, -0.15) is 0 Å². The van der Waals surface area contributed by atoms with E-state index in [1.165, 1.54) is 23.6 Å². The molecule has 7 heteroatoms. The Morgan fingerprint density at radius 3 is 2.65 bits per heavy atom. The minimum atomic E-state index is -2.96. The van der Waals surface area contributed by atoms with Gasteiger partial charge >= 0.3 is 0 Å². The molecule has 108 valence electrons. The second-order valence-corrected chi connectivity index (χ2v) is 7.98. The van der Waals surface area contributed by atoms with Gasteiger partial charge in [0, 0.05) is 17.6 Å². The van der Waals surface area contributed by atoms with Crippen molar-refractivity contribution in [1.82, 2.24) is 10.2 Å². The Hall–Kier alpha value is -1.34. The SMILES string of the molecule is Cc1ccc(-c2nnc(SCCS(C)(=O)=O)o2)c(C)c1. The Balaban J connectivity index is 2.09. The van der Waals surface area contributed by atoms with Crippen LogP contribution in [0.4, 0.5) is 0 Å². The topological polar surface area (TPSA) is 73.1 Å². The van der Waals surface area contributed by atoms with Crippen molar-refractivity contribution in [2.24, 2.45) is 0 Å². The largest absolute Gasteiger partial charge is 0.411 e. The maximum Gasteiger partial charge on any atom is 0.276 e. The summed E-state index contributed by atoms with van der Waals surface area (Å²) in [6, 6.07) is 5.99. The van der Waals surface area contributed by atoms with E-state index in [4.69, 9.17) is 4.42 Å². The highest BCUT2D eigenvalue weighted by Gasteiger charge is 2.12. The van der Waals surface area contributed by atoms with Gasteiger partial charge in [0.05, 0.1) is 5.75 Å². The zero-order valence-electron chi connectivity index (χ0n) is 11.6. The molecule has 2 rings (SSSR count). The second-order valence-electron chi connectivity index (χ2n) is 4.67. The highest BCUT2D eigenvalue weighted by molar-refractivity contribution is 8.00. The molecule has 0 aliphatic rings. The second kappa shape index (κ2) is 5.97. The van der Waals surface area contributed by atoms with Gasteiger partial charge in [0.1, 0.15) is 9.84 Å². The van der Waals surface area contributed by atoms with Crippen molar-refractivity contribution >= 4 is 21.6 Å². The van der Waals surface area contributed by atoms with E-state index in [0.29, 0.717) is 16.9 Å². The van der Waals surface area contributed by atoms with E-state index in [2.05, 4.69) is 16.3 Å². The maximum absolute atomic E-state index is 11.0. The monoisotopic (exact) mass is 312 g/mol. The van der Waals surface area contributed by atoms with Crippen molar-refractivity contribution in [2.45, 2.75) is 19.1 Å². The molecule has 0 unspecified atom stereocenters. The van der Waals surface area contributed by atoms with E-state index in [1.54, 1.807) is 0 Å². The number of aromatic nitrogens is 2. The van der Waals surface area contributed by atoms with E-state index in [0.717, 1.165) is 11.1 Å². The number of hydrogen-bond acceptors (Lipinski definition) is 6. The van der Waals surface area contributed by atoms with Gasteiger partial charge in [0.25, 0.3) is 5.22 Å². The summed E-state index contributed by atoms with van der Waals surface area (Å²) >= 11 is 1.25. The van der Waals surface area contributed by atoms with E-state index in [-0.39, 0.29) is 5.75 Å². The molecule has 1 aromatic carbocycles. The van der Waals surface area contributed by atoms with Crippen LogP contribution >= 0.6 is 11.8 Å². The fourth-order valence-corrected chi connectivity index (χ4v) is 3.67. The molecule has 0 aliphatic carbocycles. The van der Waals surface area contributed by atoms with Crippen LogP contribution in [0.3, 0.4) is 0 Å². The molecule has 0 atom stereocenters. The van der Waals surface area contributed by atoms with Crippen LogP contribution in [0.5, 0.6) is 0 Å². The van der Waals surface area contributed by atoms with Gasteiger partial charge in [-0.3, -0.25) is 0 Å². The number of hydrogen-bond donors (Lipinski definition) is 0. The minimum absolute atomic E-state index is 0.0962. The highest BCUT2D eigenvalue weighted by atomic mass is 32.2. The normalized spacial score (nSPS) is 11.8. The standard InChI is InChI=1S/C13H16N2O3S2/c1-9-4-5-11(10(2)8-9)12-14-15-13(18-12)19-6-7-20(3,16)17/h4-5,8H,6-7H2,1-3H3. The number of aryl methyl sites for hydroxylation is 2. The van der Waals surface area contributed by atoms with Crippen LogP contribution in [0.2, 0.25) is 0 Å². The lowest BCUT2D eigenvalue weighted by molar-refractivity contribution is 0.466. The first-order valence-electron chi connectivity index (χ1n) is 6.07. The van der Waals surface area contributed by atoms with Gasteiger partial charge in [-0.15, -0.1) is 10.2 Å². The molecule has 5 nitrogen and oxygen atoms in total. The van der Waals surface area contributed by atoms with Crippen LogP contribution in [0.15, 0.2) is 27.8 Å². The van der Waals surface area contributed by atoms with Crippen LogP contribution in [-0.4, -0.2) is 36.4 Å². The van der Waals surface area contributed by atoms with E-state index in [9.17, 15) is 8.42 Å². The summed E-state index contributed by atoms with van der Waals surface area (Å²) in [5.74, 6) is 0.969. The zero-order valence-corrected chi connectivity index (χ0v) is 13.2. The predicted octanol–water partition coefficient (Wildman–Crippen LogP) is 2.49. The molecule has 0 spiro atoms. The molecule has 0 bridgehead atoms. The van der Waals surface area contributed by atoms with Gasteiger partial charge in [-0.25, -0.2) is 8.42 Å². The average molecular weight is 312 g/mol. The molecule has 0 aliphatic heterocycles. The molecule has 2 aromatic rings. The molecule has 0 saturated heterocycles. The lowest BCUT2D eigenvalue weighted by Crippen LogP contribution is -2.04. The fraction of sp³-hybridized carbons (Fsp3) is 0.385. The van der Waals surface area contributed by atoms with Gasteiger partial charge < -0.3 is 4.42 Å². The van der Waals surface area contributed by atoms with Gasteiger partial charge in [-0.05, 0) is 25.5 Å². The molecule has 0 amide bonds. The Kier molecular flexibility index (Phi) is 4.49. The minimum Gasteiger partial charge on any atom is -0.411 e. The average Bonchev–Trinajstić information content (AvgIpc) is 2.75.